The van der Waals surface area contributed by atoms with E-state index in [1.807, 2.05) is 17.9 Å². The van der Waals surface area contributed by atoms with Crippen molar-refractivity contribution < 1.29 is 0 Å². The van der Waals surface area contributed by atoms with E-state index in [1.165, 1.54) is 11.1 Å². The number of rotatable bonds is 0. The van der Waals surface area contributed by atoms with E-state index < -0.39 is 0 Å². The molecule has 0 fully saturated rings. The first-order valence-corrected chi connectivity index (χ1v) is 4.71. The molecule has 0 unspecified atom stereocenters. The first-order valence-electron chi connectivity index (χ1n) is 3.63. The Hall–Kier alpha value is -0.650. The van der Waals surface area contributed by atoms with Gasteiger partial charge in [-0.15, -0.1) is 0 Å². The van der Waals surface area contributed by atoms with Gasteiger partial charge in [0, 0.05) is 18.1 Å². The lowest BCUT2D eigenvalue weighted by atomic mass is 10.3. The molecular weight excluding hydrogens is 265 g/mol. The molecule has 2 rings (SSSR count). The lowest BCUT2D eigenvalue weighted by molar-refractivity contribution is 0.751. The Morgan fingerprint density at radius 2 is 2.25 bits per heavy atom. The topological polar surface area (TPSA) is 30.7 Å². The van der Waals surface area contributed by atoms with Gasteiger partial charge < -0.3 is 0 Å². The maximum absolute atomic E-state index is 4.30. The summed E-state index contributed by atoms with van der Waals surface area (Å²) in [6.45, 7) is 2.06. The number of nitrogens with zero attached hydrogens (tertiary/aromatic N) is 3. The quantitative estimate of drug-likeness (QED) is 0.542. The molecule has 0 aliphatic rings. The van der Waals surface area contributed by atoms with E-state index in [-0.39, 0.29) is 0 Å². The Labute approximate surface area is 83.9 Å². The van der Waals surface area contributed by atoms with Crippen molar-refractivity contribution in [3.8, 4) is 0 Å². The maximum atomic E-state index is 4.30. The molecule has 2 aromatic heterocycles. The molecule has 0 aromatic carbocycles. The zero-order valence-corrected chi connectivity index (χ0v) is 9.03. The third-order valence-electron chi connectivity index (χ3n) is 1.98. The van der Waals surface area contributed by atoms with Crippen LogP contribution in [0.3, 0.4) is 0 Å². The fraction of sp³-hybridized carbons (Fsp3) is 0.250. The predicted molar refractivity (Wildman–Crippen MR) is 56.0 cm³/mol. The highest BCUT2D eigenvalue weighted by Crippen LogP contribution is 2.17. The lowest BCUT2D eigenvalue weighted by Gasteiger charge is -1.91. The molecule has 0 saturated carbocycles. The second kappa shape index (κ2) is 2.69. The number of pyridine rings is 1. The van der Waals surface area contributed by atoms with Crippen LogP contribution in [0.2, 0.25) is 0 Å². The summed E-state index contributed by atoms with van der Waals surface area (Å²) < 4.78 is 2.89. The van der Waals surface area contributed by atoms with Crippen molar-refractivity contribution >= 4 is 33.5 Å². The molecule has 0 atom stereocenters. The van der Waals surface area contributed by atoms with Crippen molar-refractivity contribution in [3.05, 3.63) is 21.7 Å². The average Bonchev–Trinajstić information content (AvgIpc) is 2.31. The molecular formula is C8H8IN3. The largest absolute Gasteiger partial charge is 0.272 e. The van der Waals surface area contributed by atoms with E-state index in [9.17, 15) is 0 Å². The van der Waals surface area contributed by atoms with Gasteiger partial charge in [0.15, 0.2) is 0 Å². The van der Waals surface area contributed by atoms with Crippen LogP contribution >= 0.6 is 22.6 Å². The van der Waals surface area contributed by atoms with Crippen LogP contribution in [0.1, 0.15) is 5.69 Å². The zero-order valence-electron chi connectivity index (χ0n) is 6.87. The Morgan fingerprint density at radius 3 is 3.00 bits per heavy atom. The molecule has 2 aromatic rings. The van der Waals surface area contributed by atoms with Gasteiger partial charge in [0.1, 0.15) is 9.22 Å². The Kier molecular flexibility index (Phi) is 1.79. The van der Waals surface area contributed by atoms with E-state index in [4.69, 9.17) is 0 Å². The summed E-state index contributed by atoms with van der Waals surface area (Å²) in [5.74, 6) is 0. The molecule has 4 heteroatoms. The highest BCUT2D eigenvalue weighted by atomic mass is 127. The first kappa shape index (κ1) is 7.97. The molecule has 0 radical (unpaired) electrons. The van der Waals surface area contributed by atoms with Crippen molar-refractivity contribution in [1.82, 2.24) is 14.8 Å². The number of aromatic nitrogens is 3. The standard InChI is InChI=1S/C8H8IN3/c1-5-6-3-8(9)10-4-7(6)11-12(5)2/h3-4H,1-2H3. The first-order chi connectivity index (χ1) is 5.68. The van der Waals surface area contributed by atoms with Gasteiger partial charge in [0.05, 0.1) is 6.20 Å². The van der Waals surface area contributed by atoms with Gasteiger partial charge in [0.2, 0.25) is 0 Å². The highest BCUT2D eigenvalue weighted by molar-refractivity contribution is 14.1. The van der Waals surface area contributed by atoms with Gasteiger partial charge >= 0.3 is 0 Å². The average molecular weight is 273 g/mol. The molecule has 0 aliphatic carbocycles. The van der Waals surface area contributed by atoms with Crippen LogP contribution in [0.25, 0.3) is 10.9 Å². The van der Waals surface area contributed by atoms with Crippen LogP contribution < -0.4 is 0 Å². The molecule has 0 saturated heterocycles. The monoisotopic (exact) mass is 273 g/mol. The van der Waals surface area contributed by atoms with E-state index in [2.05, 4.69) is 45.7 Å². The van der Waals surface area contributed by atoms with E-state index in [0.717, 1.165) is 9.22 Å². The van der Waals surface area contributed by atoms with Crippen molar-refractivity contribution in [2.45, 2.75) is 6.92 Å². The third-order valence-corrected chi connectivity index (χ3v) is 2.57. The van der Waals surface area contributed by atoms with Gasteiger partial charge in [-0.05, 0) is 35.6 Å². The summed E-state index contributed by atoms with van der Waals surface area (Å²) in [6.07, 6.45) is 1.81. The second-order valence-electron chi connectivity index (χ2n) is 2.73. The maximum Gasteiger partial charge on any atom is 0.111 e. The molecule has 0 bridgehead atoms. The van der Waals surface area contributed by atoms with E-state index in [0.29, 0.717) is 0 Å². The molecule has 3 nitrogen and oxygen atoms in total. The zero-order chi connectivity index (χ0) is 8.72. The van der Waals surface area contributed by atoms with E-state index in [1.54, 1.807) is 0 Å². The van der Waals surface area contributed by atoms with Crippen LogP contribution in [0.15, 0.2) is 12.3 Å². The van der Waals surface area contributed by atoms with E-state index >= 15 is 0 Å². The van der Waals surface area contributed by atoms with Gasteiger partial charge in [-0.1, -0.05) is 0 Å². The van der Waals surface area contributed by atoms with Gasteiger partial charge in [-0.3, -0.25) is 4.68 Å². The molecule has 12 heavy (non-hydrogen) atoms. The molecule has 0 amide bonds. The Bertz CT molecular complexity index is 433. The van der Waals surface area contributed by atoms with Crippen LogP contribution in [0.5, 0.6) is 0 Å². The molecule has 2 heterocycles. The minimum atomic E-state index is 0.968. The van der Waals surface area contributed by atoms with Gasteiger partial charge in [-0.2, -0.15) is 5.10 Å². The fourth-order valence-electron chi connectivity index (χ4n) is 1.20. The number of halogens is 1. The lowest BCUT2D eigenvalue weighted by Crippen LogP contribution is -1.91. The van der Waals surface area contributed by atoms with Crippen LogP contribution in [0, 0.1) is 10.6 Å². The van der Waals surface area contributed by atoms with Crippen molar-refractivity contribution in [2.75, 3.05) is 0 Å². The highest BCUT2D eigenvalue weighted by Gasteiger charge is 2.04. The number of hydrogen-bond donors (Lipinski definition) is 0. The summed E-state index contributed by atoms with van der Waals surface area (Å²) in [5, 5.41) is 5.50. The fourth-order valence-corrected chi connectivity index (χ4v) is 1.65. The van der Waals surface area contributed by atoms with Crippen molar-refractivity contribution in [2.24, 2.45) is 7.05 Å². The normalized spacial score (nSPS) is 10.9. The molecule has 0 N–H and O–H groups in total. The summed E-state index contributed by atoms with van der Waals surface area (Å²) in [6, 6.07) is 2.05. The second-order valence-corrected chi connectivity index (χ2v) is 3.84. The molecule has 0 aliphatic heterocycles. The van der Waals surface area contributed by atoms with Gasteiger partial charge in [-0.25, -0.2) is 4.98 Å². The third kappa shape index (κ3) is 1.10. The smallest absolute Gasteiger partial charge is 0.111 e. The summed E-state index contributed by atoms with van der Waals surface area (Å²) in [7, 11) is 1.95. The summed E-state index contributed by atoms with van der Waals surface area (Å²) >= 11 is 2.21. The molecule has 62 valence electrons. The summed E-state index contributed by atoms with van der Waals surface area (Å²) in [5.41, 5.74) is 2.15. The Balaban J connectivity index is 2.88. The van der Waals surface area contributed by atoms with Gasteiger partial charge in [0.25, 0.3) is 0 Å². The predicted octanol–water partition coefficient (Wildman–Crippen LogP) is 1.88. The SMILES string of the molecule is Cc1c2cc(I)ncc2nn1C. The van der Waals surface area contributed by atoms with Crippen LogP contribution in [-0.2, 0) is 7.05 Å². The van der Waals surface area contributed by atoms with Crippen LogP contribution in [0.4, 0.5) is 0 Å². The summed E-state index contributed by atoms with van der Waals surface area (Å²) in [4.78, 5) is 4.17. The number of aryl methyl sites for hydroxylation is 2. The minimum Gasteiger partial charge on any atom is -0.272 e. The Morgan fingerprint density at radius 1 is 1.50 bits per heavy atom. The minimum absolute atomic E-state index is 0.968. The van der Waals surface area contributed by atoms with Crippen molar-refractivity contribution in [1.29, 1.82) is 0 Å². The van der Waals surface area contributed by atoms with Crippen LogP contribution in [-0.4, -0.2) is 14.8 Å². The number of fused-ring (bicyclic) bond motifs is 1. The van der Waals surface area contributed by atoms with Crippen molar-refractivity contribution in [3.63, 3.8) is 0 Å². The number of hydrogen-bond acceptors (Lipinski definition) is 2. The molecule has 0 spiro atoms.